The molecule has 0 aromatic rings. The Morgan fingerprint density at radius 3 is 2.08 bits per heavy atom. The summed E-state index contributed by atoms with van der Waals surface area (Å²) in [5.41, 5.74) is 2.28. The summed E-state index contributed by atoms with van der Waals surface area (Å²) in [7, 11) is -0.620. The first-order valence-corrected chi connectivity index (χ1v) is 19.8. The van der Waals surface area contributed by atoms with Crippen LogP contribution >= 0.6 is 35.1 Å². The maximum atomic E-state index is 8.12. The SMILES string of the molecule is CP(C)O.[CH3][Ir]([Br])([Br])[C]1=CC=CC1. The van der Waals surface area contributed by atoms with Crippen LogP contribution in [0.1, 0.15) is 6.42 Å². The van der Waals surface area contributed by atoms with Gasteiger partial charge in [-0.25, -0.2) is 0 Å². The molecule has 0 saturated heterocycles. The molecule has 0 fully saturated rings. The Morgan fingerprint density at radius 2 is 1.92 bits per heavy atom. The first-order valence-electron chi connectivity index (χ1n) is 3.56. The van der Waals surface area contributed by atoms with E-state index in [1.807, 2.05) is 0 Å². The molecule has 1 aliphatic rings. The van der Waals surface area contributed by atoms with Crippen LogP contribution in [-0.2, 0) is 11.3 Å². The Bertz CT molecular complexity index is 206. The fourth-order valence-electron chi connectivity index (χ4n) is 0.629. The van der Waals surface area contributed by atoms with Gasteiger partial charge in [0, 0.05) is 8.15 Å². The van der Waals surface area contributed by atoms with Crippen molar-refractivity contribution in [3.05, 3.63) is 22.3 Å². The van der Waals surface area contributed by atoms with E-state index in [4.69, 9.17) is 4.89 Å². The first kappa shape index (κ1) is 14.5. The monoisotopic (exact) mass is 509 g/mol. The molecule has 1 N–H and O–H groups in total. The van der Waals surface area contributed by atoms with Gasteiger partial charge in [-0.2, -0.15) is 0 Å². The molecule has 0 aromatic carbocycles. The molecular formula is C8H15Br2IrOP. The second-order valence-electron chi connectivity index (χ2n) is 2.66. The average molecular weight is 510 g/mol. The van der Waals surface area contributed by atoms with Gasteiger partial charge in [0.1, 0.15) is 0 Å². The molecule has 1 aliphatic carbocycles. The topological polar surface area (TPSA) is 20.2 Å². The minimum absolute atomic E-state index is 0.620. The van der Waals surface area contributed by atoms with E-state index in [0.717, 1.165) is 6.42 Å². The Morgan fingerprint density at radius 1 is 1.46 bits per heavy atom. The number of rotatable bonds is 1. The number of hydrogen-bond acceptors (Lipinski definition) is 1. The Hall–Kier alpha value is 1.48. The summed E-state index contributed by atoms with van der Waals surface area (Å²) in [4.78, 5) is 8.12. The summed E-state index contributed by atoms with van der Waals surface area (Å²) in [5, 5.41) is 0. The second-order valence-corrected chi connectivity index (χ2v) is 33.3. The van der Waals surface area contributed by atoms with E-state index in [1.165, 1.54) is 0 Å². The molecule has 1 nitrogen and oxygen atoms in total. The first-order chi connectivity index (χ1) is 5.84. The molecule has 0 unspecified atom stereocenters. The van der Waals surface area contributed by atoms with Crippen LogP contribution in [0.5, 0.6) is 0 Å². The zero-order chi connectivity index (χ0) is 10.5. The van der Waals surface area contributed by atoms with Crippen molar-refractivity contribution < 1.29 is 16.2 Å². The van der Waals surface area contributed by atoms with E-state index in [2.05, 4.69) is 50.7 Å². The van der Waals surface area contributed by atoms with Gasteiger partial charge in [-0.1, -0.05) is 0 Å². The van der Waals surface area contributed by atoms with Crippen molar-refractivity contribution >= 4 is 35.1 Å². The van der Waals surface area contributed by atoms with Crippen molar-refractivity contribution in [3.63, 3.8) is 0 Å². The number of halogens is 2. The third kappa shape index (κ3) is 8.47. The summed E-state index contributed by atoms with van der Waals surface area (Å²) in [6, 6.07) is 0. The van der Waals surface area contributed by atoms with E-state index in [0.29, 0.717) is 0 Å². The molecule has 0 heterocycles. The van der Waals surface area contributed by atoms with Crippen molar-refractivity contribution in [1.82, 2.24) is 0 Å². The van der Waals surface area contributed by atoms with Gasteiger partial charge in [0.2, 0.25) is 0 Å². The van der Waals surface area contributed by atoms with E-state index < -0.39 is 19.4 Å². The normalized spacial score (nSPS) is 16.7. The van der Waals surface area contributed by atoms with Gasteiger partial charge in [-0.3, -0.25) is 0 Å². The Kier molecular flexibility index (Phi) is 7.65. The van der Waals surface area contributed by atoms with Crippen LogP contribution in [0.2, 0.25) is 5.44 Å². The molecule has 81 valence electrons. The fourth-order valence-corrected chi connectivity index (χ4v) is 5.91. The van der Waals surface area contributed by atoms with Gasteiger partial charge in [0.05, 0.1) is 0 Å². The Labute approximate surface area is 98.0 Å². The van der Waals surface area contributed by atoms with E-state index in [1.54, 1.807) is 17.4 Å². The molecule has 0 bridgehead atoms. The van der Waals surface area contributed by atoms with Crippen LogP contribution in [0.15, 0.2) is 22.3 Å². The fraction of sp³-hybridized carbons (Fsp3) is 0.500. The number of allylic oxidation sites excluding steroid dienone is 4. The summed E-state index contributed by atoms with van der Waals surface area (Å²) in [5.74, 6) is 0. The van der Waals surface area contributed by atoms with Gasteiger partial charge in [0.15, 0.2) is 0 Å². The van der Waals surface area contributed by atoms with Crippen LogP contribution in [0.25, 0.3) is 0 Å². The van der Waals surface area contributed by atoms with Gasteiger partial charge in [-0.15, -0.1) is 0 Å². The van der Waals surface area contributed by atoms with Crippen LogP contribution in [0.3, 0.4) is 0 Å². The van der Waals surface area contributed by atoms with Gasteiger partial charge < -0.3 is 4.89 Å². The van der Waals surface area contributed by atoms with Crippen molar-refractivity contribution in [2.75, 3.05) is 13.3 Å². The molecule has 0 amide bonds. The zero-order valence-corrected chi connectivity index (χ0v) is 14.4. The quantitative estimate of drug-likeness (QED) is 0.523. The van der Waals surface area contributed by atoms with Gasteiger partial charge in [-0.05, 0) is 13.3 Å². The number of hydrogen-bond donors (Lipinski definition) is 1. The zero-order valence-electron chi connectivity index (χ0n) is 7.92. The molecular weight excluding hydrogens is 495 g/mol. The van der Waals surface area contributed by atoms with Gasteiger partial charge in [0.25, 0.3) is 0 Å². The molecule has 1 rings (SSSR count). The standard InChI is InChI=1S/C5H5.C2H7OP.CH3.2BrH.Ir/c1-2-4-5-3-1;1-4(2)3;;;;/h1-3H,4H2;3H,1-2H3;1H3;2*1H;/q;;;;;+2/p-2. The summed E-state index contributed by atoms with van der Waals surface area (Å²) in [6.45, 7) is 3.57. The summed E-state index contributed by atoms with van der Waals surface area (Å²) >= 11 is 5.65. The van der Waals surface area contributed by atoms with E-state index >= 15 is 0 Å². The minimum atomic E-state index is -1.76. The van der Waals surface area contributed by atoms with Crippen molar-refractivity contribution in [2.24, 2.45) is 0 Å². The van der Waals surface area contributed by atoms with Crippen LogP contribution in [-0.4, -0.2) is 18.2 Å². The van der Waals surface area contributed by atoms with Gasteiger partial charge >= 0.3 is 72.4 Å². The van der Waals surface area contributed by atoms with E-state index in [-0.39, 0.29) is 0 Å². The molecule has 5 heteroatoms. The molecule has 0 radical (unpaired) electrons. The molecule has 0 aliphatic heterocycles. The van der Waals surface area contributed by atoms with Crippen LogP contribution in [0.4, 0.5) is 0 Å². The molecule has 13 heavy (non-hydrogen) atoms. The third-order valence-corrected chi connectivity index (χ3v) is 10.2. The Balaban J connectivity index is 0.000000310. The molecule has 0 saturated carbocycles. The predicted octanol–water partition coefficient (Wildman–Crippen LogP) is 4.29. The van der Waals surface area contributed by atoms with Crippen molar-refractivity contribution in [1.29, 1.82) is 0 Å². The average Bonchev–Trinajstić information content (AvgIpc) is 2.31. The van der Waals surface area contributed by atoms with Crippen molar-refractivity contribution in [3.8, 4) is 0 Å². The van der Waals surface area contributed by atoms with E-state index in [9.17, 15) is 0 Å². The third-order valence-electron chi connectivity index (χ3n) is 1.09. The maximum absolute atomic E-state index is 8.12. The molecule has 0 spiro atoms. The van der Waals surface area contributed by atoms with Crippen LogP contribution < -0.4 is 0 Å². The molecule has 0 aromatic heterocycles. The second kappa shape index (κ2) is 6.87. The summed E-state index contributed by atoms with van der Waals surface area (Å²) in [6.07, 6.45) is 7.68. The van der Waals surface area contributed by atoms with Crippen molar-refractivity contribution in [2.45, 2.75) is 11.9 Å². The predicted molar refractivity (Wildman–Crippen MR) is 66.5 cm³/mol. The van der Waals surface area contributed by atoms with Crippen LogP contribution in [0, 0.1) is 0 Å². The molecule has 0 atom stereocenters. The summed E-state index contributed by atoms with van der Waals surface area (Å²) < 4.78 is 1.56.